The number of rotatable bonds is 4. The minimum Gasteiger partial charge on any atom is -0.368 e. The Morgan fingerprint density at radius 2 is 2.00 bits per heavy atom. The van der Waals surface area contributed by atoms with Gasteiger partial charge in [0.2, 0.25) is 5.91 Å². The number of nitrogens with one attached hydrogen (secondary N) is 1. The van der Waals surface area contributed by atoms with Crippen LogP contribution in [-0.4, -0.2) is 5.91 Å². The van der Waals surface area contributed by atoms with Gasteiger partial charge in [0.15, 0.2) is 0 Å². The maximum absolute atomic E-state index is 11.8. The number of hydrogen-bond donors (Lipinski definition) is 2. The molecule has 1 amide bonds. The summed E-state index contributed by atoms with van der Waals surface area (Å²) in [6.45, 7) is 0. The van der Waals surface area contributed by atoms with Gasteiger partial charge in [-0.25, -0.2) is 0 Å². The zero-order chi connectivity index (χ0) is 14.8. The highest BCUT2D eigenvalue weighted by Gasteiger charge is 2.27. The molecule has 2 atom stereocenters. The first-order chi connectivity index (χ1) is 10.1. The Hall–Kier alpha value is -1.84. The minimum atomic E-state index is -0.474. The summed E-state index contributed by atoms with van der Waals surface area (Å²) >= 11 is 6.03. The molecule has 1 aliphatic rings. The lowest BCUT2D eigenvalue weighted by atomic mass is 10.0. The molecule has 0 spiro atoms. The van der Waals surface area contributed by atoms with Crippen molar-refractivity contribution in [2.24, 2.45) is 5.73 Å². The number of halogens is 1. The second kappa shape index (κ2) is 5.88. The van der Waals surface area contributed by atoms with Crippen LogP contribution in [0.5, 0.6) is 0 Å². The van der Waals surface area contributed by atoms with Crippen molar-refractivity contribution in [1.82, 2.24) is 5.32 Å². The quantitative estimate of drug-likeness (QED) is 0.911. The second-order valence-corrected chi connectivity index (χ2v) is 5.78. The van der Waals surface area contributed by atoms with E-state index in [-0.39, 0.29) is 11.9 Å². The highest BCUT2D eigenvalue weighted by atomic mass is 35.5. The van der Waals surface area contributed by atoms with Crippen molar-refractivity contribution in [1.29, 1.82) is 0 Å². The van der Waals surface area contributed by atoms with E-state index in [1.165, 1.54) is 11.1 Å². The van der Waals surface area contributed by atoms with Crippen LogP contribution in [0.3, 0.4) is 0 Å². The van der Waals surface area contributed by atoms with Crippen molar-refractivity contribution in [2.45, 2.75) is 24.9 Å². The van der Waals surface area contributed by atoms with Crippen molar-refractivity contribution in [3.63, 3.8) is 0 Å². The van der Waals surface area contributed by atoms with Crippen LogP contribution in [0, 0.1) is 0 Å². The van der Waals surface area contributed by atoms with E-state index < -0.39 is 6.04 Å². The molecule has 0 bridgehead atoms. The predicted molar refractivity (Wildman–Crippen MR) is 84.0 cm³/mol. The molecule has 0 unspecified atom stereocenters. The van der Waals surface area contributed by atoms with Gasteiger partial charge in [-0.1, -0.05) is 48.0 Å². The van der Waals surface area contributed by atoms with E-state index in [1.54, 1.807) is 0 Å². The number of nitrogens with two attached hydrogens (primary N) is 1. The van der Waals surface area contributed by atoms with Gasteiger partial charge in [-0.2, -0.15) is 0 Å². The van der Waals surface area contributed by atoms with Crippen molar-refractivity contribution in [3.05, 3.63) is 70.2 Å². The number of primary amides is 1. The smallest absolute Gasteiger partial charge is 0.239 e. The molecular weight excluding hydrogens is 284 g/mol. The number of hydrogen-bond acceptors (Lipinski definition) is 2. The number of benzene rings is 2. The summed E-state index contributed by atoms with van der Waals surface area (Å²) in [7, 11) is 0. The SMILES string of the molecule is NC(=O)[C@H](N[C@H]1CCc2cc(Cl)ccc21)c1ccccc1. The Morgan fingerprint density at radius 1 is 1.24 bits per heavy atom. The molecule has 3 rings (SSSR count). The van der Waals surface area contributed by atoms with Crippen LogP contribution < -0.4 is 11.1 Å². The van der Waals surface area contributed by atoms with Gasteiger partial charge in [-0.15, -0.1) is 0 Å². The number of carbonyl (C=O) groups is 1. The molecule has 4 heteroatoms. The van der Waals surface area contributed by atoms with Crippen molar-refractivity contribution < 1.29 is 4.79 Å². The molecule has 0 aliphatic heterocycles. The number of aryl methyl sites for hydroxylation is 1. The third kappa shape index (κ3) is 2.94. The first kappa shape index (κ1) is 14.1. The van der Waals surface area contributed by atoms with Gasteiger partial charge < -0.3 is 5.73 Å². The molecule has 2 aromatic carbocycles. The van der Waals surface area contributed by atoms with E-state index in [1.807, 2.05) is 48.5 Å². The summed E-state index contributed by atoms with van der Waals surface area (Å²) in [5, 5.41) is 4.14. The first-order valence-corrected chi connectivity index (χ1v) is 7.41. The molecule has 21 heavy (non-hydrogen) atoms. The predicted octanol–water partition coefficient (Wildman–Crippen LogP) is 3.14. The largest absolute Gasteiger partial charge is 0.368 e. The van der Waals surface area contributed by atoms with E-state index in [0.29, 0.717) is 0 Å². The third-order valence-electron chi connectivity index (χ3n) is 3.97. The molecule has 0 saturated heterocycles. The van der Waals surface area contributed by atoms with Crippen LogP contribution in [0.2, 0.25) is 5.02 Å². The standard InChI is InChI=1S/C17H17ClN2O/c18-13-7-8-14-12(10-13)6-9-15(14)20-16(17(19)21)11-4-2-1-3-5-11/h1-5,7-8,10,15-16,20H,6,9H2,(H2,19,21)/t15-,16+/m0/s1. The fourth-order valence-electron chi connectivity index (χ4n) is 2.95. The summed E-state index contributed by atoms with van der Waals surface area (Å²) < 4.78 is 0. The van der Waals surface area contributed by atoms with Crippen LogP contribution in [0.25, 0.3) is 0 Å². The highest BCUT2D eigenvalue weighted by molar-refractivity contribution is 6.30. The van der Waals surface area contributed by atoms with Gasteiger partial charge >= 0.3 is 0 Å². The summed E-state index contributed by atoms with van der Waals surface area (Å²) in [6.07, 6.45) is 1.92. The fourth-order valence-corrected chi connectivity index (χ4v) is 3.14. The molecule has 3 nitrogen and oxygen atoms in total. The molecule has 0 radical (unpaired) electrons. The van der Waals surface area contributed by atoms with Gasteiger partial charge in [-0.05, 0) is 41.7 Å². The zero-order valence-corrected chi connectivity index (χ0v) is 12.3. The number of carbonyl (C=O) groups excluding carboxylic acids is 1. The number of fused-ring (bicyclic) bond motifs is 1. The highest BCUT2D eigenvalue weighted by Crippen LogP contribution is 2.34. The maximum atomic E-state index is 11.8. The van der Waals surface area contributed by atoms with E-state index in [0.717, 1.165) is 23.4 Å². The van der Waals surface area contributed by atoms with Crippen molar-refractivity contribution in [3.8, 4) is 0 Å². The Morgan fingerprint density at radius 3 is 2.71 bits per heavy atom. The topological polar surface area (TPSA) is 55.1 Å². The van der Waals surface area contributed by atoms with Crippen LogP contribution in [-0.2, 0) is 11.2 Å². The lowest BCUT2D eigenvalue weighted by Gasteiger charge is -2.21. The summed E-state index contributed by atoms with van der Waals surface area (Å²) in [5.41, 5.74) is 8.92. The number of amides is 1. The van der Waals surface area contributed by atoms with Crippen molar-refractivity contribution in [2.75, 3.05) is 0 Å². The van der Waals surface area contributed by atoms with E-state index in [4.69, 9.17) is 17.3 Å². The third-order valence-corrected chi connectivity index (χ3v) is 4.20. The normalized spacial score (nSPS) is 18.2. The van der Waals surface area contributed by atoms with Gasteiger partial charge in [0.1, 0.15) is 6.04 Å². The molecule has 0 heterocycles. The Kier molecular flexibility index (Phi) is 3.95. The molecule has 3 N–H and O–H groups in total. The summed E-state index contributed by atoms with van der Waals surface area (Å²) in [5.74, 6) is -0.358. The maximum Gasteiger partial charge on any atom is 0.239 e. The second-order valence-electron chi connectivity index (χ2n) is 5.35. The monoisotopic (exact) mass is 300 g/mol. The minimum absolute atomic E-state index is 0.134. The van der Waals surface area contributed by atoms with Crippen LogP contribution >= 0.6 is 11.6 Å². The van der Waals surface area contributed by atoms with Crippen LogP contribution in [0.1, 0.15) is 35.2 Å². The molecule has 0 saturated carbocycles. The van der Waals surface area contributed by atoms with E-state index >= 15 is 0 Å². The molecule has 2 aromatic rings. The van der Waals surface area contributed by atoms with Crippen molar-refractivity contribution >= 4 is 17.5 Å². The zero-order valence-electron chi connectivity index (χ0n) is 11.6. The lowest BCUT2D eigenvalue weighted by molar-refractivity contribution is -0.120. The fraction of sp³-hybridized carbons (Fsp3) is 0.235. The average Bonchev–Trinajstić information content (AvgIpc) is 2.87. The van der Waals surface area contributed by atoms with Gasteiger partial charge in [-0.3, -0.25) is 10.1 Å². The van der Waals surface area contributed by atoms with Gasteiger partial charge in [0.25, 0.3) is 0 Å². The van der Waals surface area contributed by atoms with Gasteiger partial charge in [0.05, 0.1) is 0 Å². The Balaban J connectivity index is 1.85. The summed E-state index contributed by atoms with van der Waals surface area (Å²) in [6, 6.07) is 15.2. The molecule has 0 aromatic heterocycles. The van der Waals surface area contributed by atoms with E-state index in [2.05, 4.69) is 5.32 Å². The molecular formula is C17H17ClN2O. The lowest BCUT2D eigenvalue weighted by Crippen LogP contribution is -2.35. The Labute approximate surface area is 129 Å². The Bertz CT molecular complexity index is 657. The van der Waals surface area contributed by atoms with E-state index in [9.17, 15) is 4.79 Å². The molecule has 108 valence electrons. The van der Waals surface area contributed by atoms with Gasteiger partial charge in [0, 0.05) is 11.1 Å². The average molecular weight is 301 g/mol. The van der Waals surface area contributed by atoms with Crippen LogP contribution in [0.15, 0.2) is 48.5 Å². The first-order valence-electron chi connectivity index (χ1n) is 7.04. The summed E-state index contributed by atoms with van der Waals surface area (Å²) in [4.78, 5) is 11.8. The van der Waals surface area contributed by atoms with Crippen LogP contribution in [0.4, 0.5) is 0 Å². The molecule has 1 aliphatic carbocycles. The molecule has 0 fully saturated rings.